The quantitative estimate of drug-likeness (QED) is 0.310. The van der Waals surface area contributed by atoms with Crippen LogP contribution < -0.4 is 9.64 Å². The summed E-state index contributed by atoms with van der Waals surface area (Å²) in [5, 5.41) is 0. The smallest absolute Gasteiger partial charge is 0.347 e. The van der Waals surface area contributed by atoms with Gasteiger partial charge in [0.25, 0.3) is 11.8 Å². The highest BCUT2D eigenvalue weighted by Crippen LogP contribution is 2.35. The van der Waals surface area contributed by atoms with Gasteiger partial charge in [0.05, 0.1) is 34.2 Å². The summed E-state index contributed by atoms with van der Waals surface area (Å²) in [6.45, 7) is 9.17. The first-order valence-electron chi connectivity index (χ1n) is 9.80. The average molecular weight is 429 g/mol. The molecule has 0 aromatic heterocycles. The van der Waals surface area contributed by atoms with Gasteiger partial charge in [-0.3, -0.25) is 9.59 Å². The second-order valence-electron chi connectivity index (χ2n) is 7.53. The molecule has 2 aliphatic heterocycles. The van der Waals surface area contributed by atoms with Crippen LogP contribution in [0.2, 0.25) is 0 Å². The Kier molecular flexibility index (Phi) is 5.10. The van der Waals surface area contributed by atoms with Crippen molar-refractivity contribution in [3.63, 3.8) is 0 Å². The minimum Gasteiger partial charge on any atom is -0.465 e. The van der Waals surface area contributed by atoms with E-state index >= 15 is 0 Å². The highest BCUT2D eigenvalue weighted by Gasteiger charge is 2.38. The molecular weight excluding hydrogens is 410 g/mol. The van der Waals surface area contributed by atoms with Crippen LogP contribution in [0.25, 0.3) is 0 Å². The van der Waals surface area contributed by atoms with Crippen LogP contribution in [-0.2, 0) is 14.3 Å². The first-order valence-corrected chi connectivity index (χ1v) is 9.80. The molecule has 7 nitrogen and oxygen atoms in total. The van der Waals surface area contributed by atoms with Gasteiger partial charge in [0.2, 0.25) is 0 Å². The van der Waals surface area contributed by atoms with Crippen molar-refractivity contribution in [1.82, 2.24) is 0 Å². The molecule has 2 aliphatic rings. The van der Waals surface area contributed by atoms with Crippen LogP contribution in [0.4, 0.5) is 5.69 Å². The summed E-state index contributed by atoms with van der Waals surface area (Å²) < 4.78 is 10.0. The molecule has 2 amide bonds. The second-order valence-corrected chi connectivity index (χ2v) is 7.53. The van der Waals surface area contributed by atoms with Crippen LogP contribution in [0.3, 0.4) is 0 Å². The fourth-order valence-corrected chi connectivity index (χ4v) is 3.97. The third-order valence-corrected chi connectivity index (χ3v) is 5.28. The molecule has 0 N–H and O–H groups in total. The minimum absolute atomic E-state index is 0.0221. The number of hydrogen-bond donors (Lipinski definition) is 0. The summed E-state index contributed by atoms with van der Waals surface area (Å²) in [6.07, 6.45) is 3.72. The number of carbonyl (C=O) groups excluding carboxylic acids is 4. The van der Waals surface area contributed by atoms with E-state index in [1.807, 2.05) is 32.9 Å². The molecule has 0 atom stereocenters. The van der Waals surface area contributed by atoms with Crippen molar-refractivity contribution >= 4 is 29.4 Å². The SMILES string of the molecule is C=CC1=C(/C=C/Oc2ccc3c(c2)C(=O)N(c2c(C)cc(C)cc2C)C3=O)C(=O)OC1=O. The van der Waals surface area contributed by atoms with E-state index < -0.39 is 23.8 Å². The number of cyclic esters (lactones) is 2. The summed E-state index contributed by atoms with van der Waals surface area (Å²) in [6, 6.07) is 8.40. The summed E-state index contributed by atoms with van der Waals surface area (Å²) in [7, 11) is 0. The molecule has 0 saturated heterocycles. The fraction of sp³-hybridized carbons (Fsp3) is 0.120. The number of rotatable bonds is 5. The first-order chi connectivity index (χ1) is 15.2. The van der Waals surface area contributed by atoms with Crippen LogP contribution in [0, 0.1) is 20.8 Å². The van der Waals surface area contributed by atoms with Crippen molar-refractivity contribution in [1.29, 1.82) is 0 Å². The molecule has 4 rings (SSSR count). The van der Waals surface area contributed by atoms with Crippen LogP contribution in [0.5, 0.6) is 5.75 Å². The van der Waals surface area contributed by atoms with Crippen molar-refractivity contribution in [2.45, 2.75) is 20.8 Å². The molecule has 32 heavy (non-hydrogen) atoms. The van der Waals surface area contributed by atoms with Crippen LogP contribution in [-0.4, -0.2) is 23.8 Å². The molecule has 2 aromatic rings. The molecule has 0 saturated carbocycles. The topological polar surface area (TPSA) is 90.0 Å². The lowest BCUT2D eigenvalue weighted by atomic mass is 10.0. The lowest BCUT2D eigenvalue weighted by Crippen LogP contribution is -2.30. The van der Waals surface area contributed by atoms with E-state index in [4.69, 9.17) is 4.74 Å². The maximum absolute atomic E-state index is 13.1. The predicted molar refractivity (Wildman–Crippen MR) is 116 cm³/mol. The second kappa shape index (κ2) is 7.77. The molecule has 0 spiro atoms. The Morgan fingerprint density at radius 1 is 0.875 bits per heavy atom. The third-order valence-electron chi connectivity index (χ3n) is 5.28. The van der Waals surface area contributed by atoms with Gasteiger partial charge in [-0.15, -0.1) is 0 Å². The summed E-state index contributed by atoms with van der Waals surface area (Å²) in [5.41, 5.74) is 3.87. The van der Waals surface area contributed by atoms with Crippen molar-refractivity contribution in [3.8, 4) is 5.75 Å². The molecule has 0 aliphatic carbocycles. The largest absolute Gasteiger partial charge is 0.465 e. The van der Waals surface area contributed by atoms with Gasteiger partial charge < -0.3 is 9.47 Å². The van der Waals surface area contributed by atoms with Crippen LogP contribution in [0.15, 0.2) is 66.5 Å². The maximum atomic E-state index is 13.1. The normalized spacial score (nSPS) is 15.7. The number of imide groups is 1. The van der Waals surface area contributed by atoms with Crippen molar-refractivity contribution < 1.29 is 28.7 Å². The van der Waals surface area contributed by atoms with Gasteiger partial charge >= 0.3 is 11.9 Å². The first kappa shape index (κ1) is 21.0. The van der Waals surface area contributed by atoms with Gasteiger partial charge in [-0.05, 0) is 56.2 Å². The summed E-state index contributed by atoms with van der Waals surface area (Å²) in [4.78, 5) is 50.6. The average Bonchev–Trinajstić information content (AvgIpc) is 3.14. The minimum atomic E-state index is -0.793. The van der Waals surface area contributed by atoms with E-state index in [2.05, 4.69) is 11.3 Å². The van der Waals surface area contributed by atoms with Crippen LogP contribution in [0.1, 0.15) is 37.4 Å². The number of benzene rings is 2. The highest BCUT2D eigenvalue weighted by molar-refractivity contribution is 6.35. The summed E-state index contributed by atoms with van der Waals surface area (Å²) in [5.74, 6) is -2.10. The lowest BCUT2D eigenvalue weighted by Gasteiger charge is -2.20. The molecular formula is C25H19NO6. The number of nitrogens with zero attached hydrogens (tertiary/aromatic N) is 1. The number of aryl methyl sites for hydroxylation is 3. The van der Waals surface area contributed by atoms with Gasteiger partial charge in [-0.2, -0.15) is 0 Å². The highest BCUT2D eigenvalue weighted by atomic mass is 16.6. The Labute approximate surface area is 184 Å². The number of hydrogen-bond acceptors (Lipinski definition) is 6. The van der Waals surface area contributed by atoms with Crippen LogP contribution >= 0.6 is 0 Å². The Bertz CT molecular complexity index is 1270. The Morgan fingerprint density at radius 2 is 1.50 bits per heavy atom. The predicted octanol–water partition coefficient (Wildman–Crippen LogP) is 3.87. The molecule has 0 fully saturated rings. The monoisotopic (exact) mass is 429 g/mol. The van der Waals surface area contributed by atoms with Crippen molar-refractivity contribution in [3.05, 3.63) is 94.3 Å². The number of esters is 2. The number of anilines is 1. The molecule has 0 radical (unpaired) electrons. The molecule has 2 aromatic carbocycles. The van der Waals surface area contributed by atoms with Gasteiger partial charge in [0.15, 0.2) is 0 Å². The number of ether oxygens (including phenoxy) is 2. The standard InChI is InChI=1S/C25H19NO6/c1-5-17-19(25(30)32-24(17)29)8-9-31-16-6-7-18-20(12-16)23(28)26(22(18)27)21-14(3)10-13(2)11-15(21)4/h5-12H,1H2,2-4H3/b9-8+. The van der Waals surface area contributed by atoms with E-state index in [0.717, 1.165) is 16.7 Å². The lowest BCUT2D eigenvalue weighted by molar-refractivity contribution is -0.150. The van der Waals surface area contributed by atoms with Gasteiger partial charge in [0.1, 0.15) is 5.75 Å². The van der Waals surface area contributed by atoms with Gasteiger partial charge in [-0.1, -0.05) is 30.4 Å². The van der Waals surface area contributed by atoms with E-state index in [1.165, 1.54) is 35.4 Å². The Morgan fingerprint density at radius 3 is 2.16 bits per heavy atom. The van der Waals surface area contributed by atoms with Crippen molar-refractivity contribution in [2.24, 2.45) is 0 Å². The zero-order chi connectivity index (χ0) is 23.2. The zero-order valence-electron chi connectivity index (χ0n) is 17.7. The maximum Gasteiger partial charge on any atom is 0.347 e. The van der Waals surface area contributed by atoms with Gasteiger partial charge in [-0.25, -0.2) is 14.5 Å². The van der Waals surface area contributed by atoms with E-state index in [1.54, 1.807) is 6.07 Å². The third kappa shape index (κ3) is 3.33. The molecule has 2 heterocycles. The molecule has 0 unspecified atom stereocenters. The van der Waals surface area contributed by atoms with E-state index in [0.29, 0.717) is 11.4 Å². The number of carbonyl (C=O) groups is 4. The Balaban J connectivity index is 1.62. The number of fused-ring (bicyclic) bond motifs is 1. The van der Waals surface area contributed by atoms with Gasteiger partial charge in [0, 0.05) is 0 Å². The number of amides is 2. The summed E-state index contributed by atoms with van der Waals surface area (Å²) >= 11 is 0. The Hall–Kier alpha value is -4.26. The molecule has 7 heteroatoms. The fourth-order valence-electron chi connectivity index (χ4n) is 3.97. The zero-order valence-corrected chi connectivity index (χ0v) is 17.7. The van der Waals surface area contributed by atoms with E-state index in [9.17, 15) is 19.2 Å². The molecule has 160 valence electrons. The van der Waals surface area contributed by atoms with E-state index in [-0.39, 0.29) is 22.3 Å². The van der Waals surface area contributed by atoms with Crippen molar-refractivity contribution in [2.75, 3.05) is 4.90 Å². The molecule has 0 bridgehead atoms.